The molecule has 90 valence electrons. The van der Waals surface area contributed by atoms with Gasteiger partial charge in [0.1, 0.15) is 0 Å². The van der Waals surface area contributed by atoms with Crippen LogP contribution in [0.25, 0.3) is 0 Å². The van der Waals surface area contributed by atoms with Gasteiger partial charge in [-0.1, -0.05) is 13.8 Å². The SMILES string of the molecule is CC(C)COC(O)N1CCCC1C(O)O. The Balaban J connectivity index is 2.40. The highest BCUT2D eigenvalue weighted by molar-refractivity contribution is 4.80. The molecule has 1 aliphatic rings. The highest BCUT2D eigenvalue weighted by Crippen LogP contribution is 2.21. The van der Waals surface area contributed by atoms with Crippen molar-refractivity contribution in [1.29, 1.82) is 0 Å². The maximum Gasteiger partial charge on any atom is 0.216 e. The highest BCUT2D eigenvalue weighted by Gasteiger charge is 2.34. The van der Waals surface area contributed by atoms with Crippen molar-refractivity contribution in [3.05, 3.63) is 0 Å². The minimum atomic E-state index is -1.41. The van der Waals surface area contributed by atoms with Crippen molar-refractivity contribution < 1.29 is 20.1 Å². The van der Waals surface area contributed by atoms with Gasteiger partial charge in [-0.3, -0.25) is 0 Å². The summed E-state index contributed by atoms with van der Waals surface area (Å²) in [6.45, 7) is 5.09. The van der Waals surface area contributed by atoms with Gasteiger partial charge in [0.2, 0.25) is 6.41 Å². The van der Waals surface area contributed by atoms with Gasteiger partial charge in [-0.15, -0.1) is 0 Å². The third-order valence-corrected chi connectivity index (χ3v) is 2.55. The van der Waals surface area contributed by atoms with Crippen molar-refractivity contribution in [3.63, 3.8) is 0 Å². The summed E-state index contributed by atoms with van der Waals surface area (Å²) in [4.78, 5) is 1.59. The van der Waals surface area contributed by atoms with Crippen LogP contribution in [0.2, 0.25) is 0 Å². The van der Waals surface area contributed by atoms with Gasteiger partial charge >= 0.3 is 0 Å². The van der Waals surface area contributed by atoms with Crippen LogP contribution in [-0.4, -0.2) is 52.1 Å². The lowest BCUT2D eigenvalue weighted by Gasteiger charge is -2.30. The zero-order valence-electron chi connectivity index (χ0n) is 9.33. The van der Waals surface area contributed by atoms with E-state index in [9.17, 15) is 5.11 Å². The van der Waals surface area contributed by atoms with E-state index < -0.39 is 18.7 Å². The standard InChI is InChI=1S/C10H21NO4/c1-7(2)6-15-10(14)11-5-3-4-8(11)9(12)13/h7-10,12-14H,3-6H2,1-2H3. The molecule has 0 aromatic rings. The number of aliphatic hydroxyl groups is 3. The lowest BCUT2D eigenvalue weighted by atomic mass is 10.2. The van der Waals surface area contributed by atoms with Crippen LogP contribution in [0, 0.1) is 5.92 Å². The summed E-state index contributed by atoms with van der Waals surface area (Å²) in [5, 5.41) is 27.9. The van der Waals surface area contributed by atoms with Crippen molar-refractivity contribution in [1.82, 2.24) is 4.90 Å². The number of rotatable bonds is 5. The molecule has 2 unspecified atom stereocenters. The fourth-order valence-electron chi connectivity index (χ4n) is 1.78. The molecule has 0 aliphatic carbocycles. The monoisotopic (exact) mass is 219 g/mol. The number of nitrogens with zero attached hydrogens (tertiary/aromatic N) is 1. The summed E-state index contributed by atoms with van der Waals surface area (Å²) in [5.41, 5.74) is 0. The first-order chi connectivity index (χ1) is 7.02. The first kappa shape index (κ1) is 12.9. The topological polar surface area (TPSA) is 73.2 Å². The zero-order chi connectivity index (χ0) is 11.4. The molecule has 0 aromatic carbocycles. The average Bonchev–Trinajstić information content (AvgIpc) is 2.62. The summed E-state index contributed by atoms with van der Waals surface area (Å²) in [5.74, 6) is 0.347. The Morgan fingerprint density at radius 3 is 2.53 bits per heavy atom. The Morgan fingerprint density at radius 1 is 1.33 bits per heavy atom. The Bertz CT molecular complexity index is 186. The molecule has 0 saturated carbocycles. The lowest BCUT2D eigenvalue weighted by Crippen LogP contribution is -2.46. The van der Waals surface area contributed by atoms with Crippen LogP contribution in [0.4, 0.5) is 0 Å². The zero-order valence-corrected chi connectivity index (χ0v) is 9.33. The van der Waals surface area contributed by atoms with Crippen molar-refractivity contribution in [2.24, 2.45) is 5.92 Å². The van der Waals surface area contributed by atoms with Gasteiger partial charge in [-0.05, 0) is 18.8 Å². The molecule has 0 bridgehead atoms. The van der Waals surface area contributed by atoms with Gasteiger partial charge in [-0.2, -0.15) is 0 Å². The first-order valence-electron chi connectivity index (χ1n) is 5.44. The molecule has 3 N–H and O–H groups in total. The maximum absolute atomic E-state index is 9.70. The van der Waals surface area contributed by atoms with E-state index in [1.54, 1.807) is 4.90 Å². The molecule has 1 fully saturated rings. The van der Waals surface area contributed by atoms with Gasteiger partial charge < -0.3 is 20.1 Å². The van der Waals surface area contributed by atoms with E-state index in [2.05, 4.69) is 0 Å². The second kappa shape index (κ2) is 5.77. The Hall–Kier alpha value is -0.200. The van der Waals surface area contributed by atoms with Gasteiger partial charge in [-0.25, -0.2) is 4.90 Å². The fraction of sp³-hybridized carbons (Fsp3) is 1.00. The second-order valence-corrected chi connectivity index (χ2v) is 4.41. The van der Waals surface area contributed by atoms with Crippen LogP contribution in [-0.2, 0) is 4.74 Å². The molecule has 1 saturated heterocycles. The second-order valence-electron chi connectivity index (χ2n) is 4.41. The summed E-state index contributed by atoms with van der Waals surface area (Å²) >= 11 is 0. The average molecular weight is 219 g/mol. The molecule has 1 heterocycles. The number of aliphatic hydroxyl groups excluding tert-OH is 2. The summed E-state index contributed by atoms with van der Waals surface area (Å²) in [6.07, 6.45) is -0.907. The van der Waals surface area contributed by atoms with E-state index in [0.717, 1.165) is 6.42 Å². The number of hydrogen-bond acceptors (Lipinski definition) is 5. The molecular formula is C10H21NO4. The number of hydrogen-bond donors (Lipinski definition) is 3. The third kappa shape index (κ3) is 3.70. The van der Waals surface area contributed by atoms with Crippen molar-refractivity contribution in [2.45, 2.75) is 45.4 Å². The predicted molar refractivity (Wildman–Crippen MR) is 54.8 cm³/mol. The summed E-state index contributed by atoms with van der Waals surface area (Å²) < 4.78 is 5.23. The largest absolute Gasteiger partial charge is 0.367 e. The fourth-order valence-corrected chi connectivity index (χ4v) is 1.78. The predicted octanol–water partition coefficient (Wildman–Crippen LogP) is -0.290. The van der Waals surface area contributed by atoms with Crippen molar-refractivity contribution in [2.75, 3.05) is 13.2 Å². The molecule has 0 spiro atoms. The number of ether oxygens (including phenoxy) is 1. The van der Waals surface area contributed by atoms with E-state index in [-0.39, 0.29) is 0 Å². The van der Waals surface area contributed by atoms with Gasteiger partial charge in [0.15, 0.2) is 6.29 Å². The van der Waals surface area contributed by atoms with Crippen LogP contribution < -0.4 is 0 Å². The molecule has 2 atom stereocenters. The van der Waals surface area contributed by atoms with Gasteiger partial charge in [0.25, 0.3) is 0 Å². The van der Waals surface area contributed by atoms with Crippen molar-refractivity contribution >= 4 is 0 Å². The molecule has 5 nitrogen and oxygen atoms in total. The van der Waals surface area contributed by atoms with E-state index in [1.807, 2.05) is 13.8 Å². The summed E-state index contributed by atoms with van der Waals surface area (Å²) in [7, 11) is 0. The molecule has 1 aliphatic heterocycles. The highest BCUT2D eigenvalue weighted by atomic mass is 16.6. The maximum atomic E-state index is 9.70. The molecule has 1 rings (SSSR count). The quantitative estimate of drug-likeness (QED) is 0.554. The van der Waals surface area contributed by atoms with E-state index in [0.29, 0.717) is 25.5 Å². The molecular weight excluding hydrogens is 198 g/mol. The van der Waals surface area contributed by atoms with Crippen LogP contribution in [0.1, 0.15) is 26.7 Å². The van der Waals surface area contributed by atoms with Crippen LogP contribution in [0.5, 0.6) is 0 Å². The summed E-state index contributed by atoms with van der Waals surface area (Å²) in [6, 6.07) is -0.410. The molecule has 0 aromatic heterocycles. The molecule has 15 heavy (non-hydrogen) atoms. The molecule has 0 amide bonds. The molecule has 0 radical (unpaired) electrons. The normalized spacial score (nSPS) is 25.4. The van der Waals surface area contributed by atoms with E-state index in [1.165, 1.54) is 0 Å². The van der Waals surface area contributed by atoms with Crippen LogP contribution >= 0.6 is 0 Å². The van der Waals surface area contributed by atoms with Crippen molar-refractivity contribution in [3.8, 4) is 0 Å². The van der Waals surface area contributed by atoms with Gasteiger partial charge in [0.05, 0.1) is 12.6 Å². The number of likely N-dealkylation sites (tertiary alicyclic amines) is 1. The van der Waals surface area contributed by atoms with Gasteiger partial charge in [0, 0.05) is 6.54 Å². The minimum Gasteiger partial charge on any atom is -0.367 e. The third-order valence-electron chi connectivity index (χ3n) is 2.55. The Morgan fingerprint density at radius 2 is 2.00 bits per heavy atom. The minimum absolute atomic E-state index is 0.347. The van der Waals surface area contributed by atoms with Crippen LogP contribution in [0.15, 0.2) is 0 Å². The molecule has 5 heteroatoms. The Kier molecular flexibility index (Phi) is 4.95. The first-order valence-corrected chi connectivity index (χ1v) is 5.44. The van der Waals surface area contributed by atoms with E-state index in [4.69, 9.17) is 14.9 Å². The van der Waals surface area contributed by atoms with Crippen LogP contribution in [0.3, 0.4) is 0 Å². The van der Waals surface area contributed by atoms with E-state index >= 15 is 0 Å². The smallest absolute Gasteiger partial charge is 0.216 e. The lowest BCUT2D eigenvalue weighted by molar-refractivity contribution is -0.225. The Labute approximate surface area is 90.3 Å².